The molecule has 2 heterocycles. The van der Waals surface area contributed by atoms with Crippen LogP contribution in [0.5, 0.6) is 0 Å². The highest BCUT2D eigenvalue weighted by Gasteiger charge is 2.50. The van der Waals surface area contributed by atoms with Crippen molar-refractivity contribution in [3.63, 3.8) is 0 Å². The molecule has 0 aromatic carbocycles. The van der Waals surface area contributed by atoms with E-state index < -0.39 is 74.6 Å². The largest absolute Gasteiger partial charge is 0.412 e. The van der Waals surface area contributed by atoms with Gasteiger partial charge in [-0.1, -0.05) is 0 Å². The Morgan fingerprint density at radius 3 is 1.79 bits per heavy atom. The predicted molar refractivity (Wildman–Crippen MR) is 72.2 cm³/mol. The highest BCUT2D eigenvalue weighted by molar-refractivity contribution is 4.93. The van der Waals surface area contributed by atoms with Gasteiger partial charge in [-0.25, -0.2) is 0 Å². The quantitative estimate of drug-likeness (QED) is 0.235. The van der Waals surface area contributed by atoms with Crippen molar-refractivity contribution >= 4 is 0 Å². The van der Waals surface area contributed by atoms with Gasteiger partial charge in [-0.2, -0.15) is 0 Å². The van der Waals surface area contributed by atoms with E-state index in [0.29, 0.717) is 0 Å². The first-order valence-electron chi connectivity index (χ1n) is 7.08. The Morgan fingerprint density at radius 1 is 0.667 bits per heavy atom. The summed E-state index contributed by atoms with van der Waals surface area (Å²) in [6.07, 6.45) is -15.6. The van der Waals surface area contributed by atoms with Gasteiger partial charge in [0.05, 0.1) is 13.2 Å². The maximum atomic E-state index is 9.94. The van der Waals surface area contributed by atoms with E-state index in [1.54, 1.807) is 0 Å². The monoisotopic (exact) mass is 360 g/mol. The molecule has 24 heavy (non-hydrogen) atoms. The zero-order valence-electron chi connectivity index (χ0n) is 12.5. The lowest BCUT2D eigenvalue weighted by molar-refractivity contribution is -0.355. The van der Waals surface area contributed by atoms with E-state index in [9.17, 15) is 35.7 Å². The molecule has 2 aliphatic rings. The molecule has 12 nitrogen and oxygen atoms in total. The van der Waals surface area contributed by atoms with Crippen molar-refractivity contribution in [2.24, 2.45) is 0 Å². The molecule has 2 fully saturated rings. The number of ether oxygens (including phenoxy) is 3. The molecule has 0 unspecified atom stereocenters. The lowest BCUT2D eigenvalue weighted by atomic mass is 9.97. The zero-order chi connectivity index (χ0) is 17.3. The van der Waals surface area contributed by atoms with Crippen LogP contribution < -0.4 is 0 Å². The first-order chi connectivity index (χ1) is 10.8. The Hall–Kier alpha value is -0.480. The Labute approximate surface area is 136 Å². The fourth-order valence-electron chi connectivity index (χ4n) is 2.57. The molecule has 2 saturated heterocycles. The van der Waals surface area contributed by atoms with Crippen LogP contribution in [0.2, 0.25) is 0 Å². The average molecular weight is 360 g/mol. The van der Waals surface area contributed by atoms with E-state index in [2.05, 4.69) is 0 Å². The van der Waals surface area contributed by atoms with E-state index in [-0.39, 0.29) is 5.48 Å². The zero-order valence-corrected chi connectivity index (χ0v) is 12.5. The third-order valence-electron chi connectivity index (χ3n) is 3.98. The molecule has 12 heteroatoms. The molecule has 0 spiro atoms. The van der Waals surface area contributed by atoms with Gasteiger partial charge in [0.2, 0.25) is 0 Å². The minimum atomic E-state index is -1.74. The molecular weight excluding hydrogens is 336 g/mol. The fourth-order valence-corrected chi connectivity index (χ4v) is 2.57. The number of hydrogen-bond acceptors (Lipinski definition) is 11. The summed E-state index contributed by atoms with van der Waals surface area (Å²) < 4.78 is 15.3. The Balaban J connectivity index is 0.00000288. The van der Waals surface area contributed by atoms with E-state index >= 15 is 0 Å². The molecule has 144 valence electrons. The Kier molecular flexibility index (Phi) is 7.86. The van der Waals surface area contributed by atoms with Crippen molar-refractivity contribution in [3.8, 4) is 0 Å². The normalized spacial score (nSPS) is 49.5. The average Bonchev–Trinajstić information content (AvgIpc) is 2.55. The van der Waals surface area contributed by atoms with Gasteiger partial charge in [-0.15, -0.1) is 0 Å². The van der Waals surface area contributed by atoms with Gasteiger partial charge in [0.15, 0.2) is 12.6 Å². The second-order valence-corrected chi connectivity index (χ2v) is 5.53. The second-order valence-electron chi connectivity index (χ2n) is 5.53. The van der Waals surface area contributed by atoms with Crippen molar-refractivity contribution < 1.29 is 60.5 Å². The summed E-state index contributed by atoms with van der Waals surface area (Å²) in [5.41, 5.74) is 0. The van der Waals surface area contributed by atoms with E-state index in [1.807, 2.05) is 0 Å². The molecule has 0 aliphatic carbocycles. The van der Waals surface area contributed by atoms with Crippen LogP contribution in [0, 0.1) is 0 Å². The Bertz CT molecular complexity index is 379. The van der Waals surface area contributed by atoms with Crippen LogP contribution in [-0.4, -0.2) is 121 Å². The molecule has 10 atom stereocenters. The van der Waals surface area contributed by atoms with Gasteiger partial charge in [-0.3, -0.25) is 0 Å². The smallest absolute Gasteiger partial charge is 0.187 e. The first kappa shape index (κ1) is 21.6. The first-order valence-corrected chi connectivity index (χ1v) is 7.08. The summed E-state index contributed by atoms with van der Waals surface area (Å²) in [6.45, 7) is -1.35. The van der Waals surface area contributed by atoms with Crippen LogP contribution in [-0.2, 0) is 14.2 Å². The molecule has 10 N–H and O–H groups in total. The minimum absolute atomic E-state index is 0. The Morgan fingerprint density at radius 2 is 1.25 bits per heavy atom. The molecule has 2 aliphatic heterocycles. The topological polar surface area (TPSA) is 221 Å². The lowest BCUT2D eigenvalue weighted by Gasteiger charge is -2.45. The molecule has 0 aromatic heterocycles. The summed E-state index contributed by atoms with van der Waals surface area (Å²) in [7, 11) is 0. The fraction of sp³-hybridized carbons (Fsp3) is 1.00. The maximum Gasteiger partial charge on any atom is 0.187 e. The van der Waals surface area contributed by atoms with Gasteiger partial charge in [0.1, 0.15) is 48.8 Å². The van der Waals surface area contributed by atoms with Crippen LogP contribution in [0.25, 0.3) is 0 Å². The molecule has 0 saturated carbocycles. The minimum Gasteiger partial charge on any atom is -0.412 e. The third kappa shape index (κ3) is 4.01. The molecule has 0 aromatic rings. The van der Waals surface area contributed by atoms with Crippen molar-refractivity contribution in [3.05, 3.63) is 0 Å². The maximum absolute atomic E-state index is 9.94. The van der Waals surface area contributed by atoms with Gasteiger partial charge in [-0.05, 0) is 0 Å². The highest BCUT2D eigenvalue weighted by atomic mass is 16.7. The molecule has 0 radical (unpaired) electrons. The summed E-state index contributed by atoms with van der Waals surface area (Å²) in [5, 5.41) is 76.5. The standard InChI is InChI=1S/C12H22O11.H2O/c13-1-3-5(15)6(16)9(19)12(22-3)23-10-4(2-14)21-11(20)8(18)7(10)17;/h3-20H,1-2H2;1H2/t3-,4-,5+,6+,7-,8-,9-,10-,11+,12-;/m1./s1. The van der Waals surface area contributed by atoms with Crippen molar-refractivity contribution in [2.45, 2.75) is 61.4 Å². The van der Waals surface area contributed by atoms with Gasteiger partial charge in [0.25, 0.3) is 0 Å². The van der Waals surface area contributed by atoms with Crippen LogP contribution in [0.15, 0.2) is 0 Å². The third-order valence-corrected chi connectivity index (χ3v) is 3.98. The van der Waals surface area contributed by atoms with E-state index in [1.165, 1.54) is 0 Å². The summed E-state index contributed by atoms with van der Waals surface area (Å²) in [5.74, 6) is 0. The second kappa shape index (κ2) is 8.75. The number of hydrogen-bond donors (Lipinski definition) is 8. The van der Waals surface area contributed by atoms with Crippen molar-refractivity contribution in [1.29, 1.82) is 0 Å². The highest BCUT2D eigenvalue weighted by Crippen LogP contribution is 2.28. The lowest BCUT2D eigenvalue weighted by Crippen LogP contribution is -2.64. The van der Waals surface area contributed by atoms with Crippen LogP contribution in [0.4, 0.5) is 0 Å². The number of rotatable bonds is 4. The van der Waals surface area contributed by atoms with Crippen LogP contribution in [0.1, 0.15) is 0 Å². The SMILES string of the molecule is O.OC[C@H]1O[C@H](O[C@H]2[C@H](O)[C@@H](O)[C@@H](O)O[C@@H]2CO)[C@H](O)[C@@H](O)[C@H]1O. The van der Waals surface area contributed by atoms with E-state index in [0.717, 1.165) is 0 Å². The molecule has 2 rings (SSSR count). The summed E-state index contributed by atoms with van der Waals surface area (Å²) >= 11 is 0. The number of aliphatic hydroxyl groups is 8. The van der Waals surface area contributed by atoms with E-state index in [4.69, 9.17) is 19.3 Å². The predicted octanol–water partition coefficient (Wildman–Crippen LogP) is -6.22. The summed E-state index contributed by atoms with van der Waals surface area (Å²) in [6, 6.07) is 0. The number of aliphatic hydroxyl groups excluding tert-OH is 8. The van der Waals surface area contributed by atoms with Crippen LogP contribution in [0.3, 0.4) is 0 Å². The van der Waals surface area contributed by atoms with Crippen molar-refractivity contribution in [1.82, 2.24) is 0 Å². The van der Waals surface area contributed by atoms with Gasteiger partial charge >= 0.3 is 0 Å². The summed E-state index contributed by atoms with van der Waals surface area (Å²) in [4.78, 5) is 0. The van der Waals surface area contributed by atoms with Crippen LogP contribution >= 0.6 is 0 Å². The van der Waals surface area contributed by atoms with Gasteiger partial charge < -0.3 is 60.5 Å². The molecule has 0 amide bonds. The molecular formula is C12H24O12. The van der Waals surface area contributed by atoms with Gasteiger partial charge in [0, 0.05) is 0 Å². The molecule has 0 bridgehead atoms. The van der Waals surface area contributed by atoms with Crippen molar-refractivity contribution in [2.75, 3.05) is 13.2 Å².